The van der Waals surface area contributed by atoms with Gasteiger partial charge in [0.05, 0.1) is 5.92 Å². The Morgan fingerprint density at radius 3 is 2.83 bits per heavy atom. The molecule has 1 amide bonds. The lowest BCUT2D eigenvalue weighted by Gasteiger charge is -2.14. The minimum Gasteiger partial charge on any atom is -0.355 e. The van der Waals surface area contributed by atoms with Gasteiger partial charge >= 0.3 is 0 Å². The van der Waals surface area contributed by atoms with Crippen molar-refractivity contribution in [1.29, 1.82) is 0 Å². The second-order valence-corrected chi connectivity index (χ2v) is 5.25. The predicted octanol–water partition coefficient (Wildman–Crippen LogP) is 2.35. The van der Waals surface area contributed by atoms with E-state index < -0.39 is 0 Å². The van der Waals surface area contributed by atoms with Crippen molar-refractivity contribution in [2.24, 2.45) is 5.92 Å². The van der Waals surface area contributed by atoms with Gasteiger partial charge in [-0.05, 0) is 37.6 Å². The molecule has 0 aliphatic carbocycles. The van der Waals surface area contributed by atoms with Gasteiger partial charge in [0.1, 0.15) is 0 Å². The molecule has 1 unspecified atom stereocenters. The zero-order valence-electron chi connectivity index (χ0n) is 11.0. The third-order valence-corrected chi connectivity index (χ3v) is 3.41. The van der Waals surface area contributed by atoms with Gasteiger partial charge in [0, 0.05) is 17.6 Å². The van der Waals surface area contributed by atoms with Crippen molar-refractivity contribution in [3.63, 3.8) is 0 Å². The van der Waals surface area contributed by atoms with Crippen LogP contribution in [0.25, 0.3) is 0 Å². The van der Waals surface area contributed by atoms with Crippen LogP contribution >= 0.6 is 15.9 Å². The zero-order chi connectivity index (χ0) is 13.4. The van der Waals surface area contributed by atoms with E-state index in [-0.39, 0.29) is 11.8 Å². The first kappa shape index (κ1) is 15.2. The molecule has 1 aromatic rings. The summed E-state index contributed by atoms with van der Waals surface area (Å²) in [7, 11) is 1.87. The molecule has 0 heterocycles. The van der Waals surface area contributed by atoms with Crippen molar-refractivity contribution in [2.45, 2.75) is 19.8 Å². The number of hydrogen-bond donors (Lipinski definition) is 2. The summed E-state index contributed by atoms with van der Waals surface area (Å²) in [4.78, 5) is 11.9. The Labute approximate surface area is 117 Å². The van der Waals surface area contributed by atoms with Gasteiger partial charge in [-0.15, -0.1) is 0 Å². The Morgan fingerprint density at radius 1 is 1.44 bits per heavy atom. The quantitative estimate of drug-likeness (QED) is 0.811. The first-order valence-electron chi connectivity index (χ1n) is 6.34. The number of rotatable bonds is 7. The molecule has 100 valence electrons. The van der Waals surface area contributed by atoms with E-state index in [1.54, 1.807) is 0 Å². The Kier molecular flexibility index (Phi) is 6.98. The van der Waals surface area contributed by atoms with Gasteiger partial charge in [0.25, 0.3) is 0 Å². The lowest BCUT2D eigenvalue weighted by molar-refractivity contribution is -0.124. The van der Waals surface area contributed by atoms with Crippen molar-refractivity contribution < 1.29 is 4.79 Å². The molecule has 0 fully saturated rings. The van der Waals surface area contributed by atoms with E-state index >= 15 is 0 Å². The topological polar surface area (TPSA) is 41.1 Å². The monoisotopic (exact) mass is 312 g/mol. The number of nitrogens with one attached hydrogen (secondary N) is 2. The molecule has 3 nitrogen and oxygen atoms in total. The molecular formula is C14H21BrN2O. The van der Waals surface area contributed by atoms with Crippen molar-refractivity contribution in [2.75, 3.05) is 20.1 Å². The van der Waals surface area contributed by atoms with E-state index in [0.29, 0.717) is 6.54 Å². The fourth-order valence-corrected chi connectivity index (χ4v) is 2.28. The van der Waals surface area contributed by atoms with Crippen molar-refractivity contribution >= 4 is 21.8 Å². The van der Waals surface area contributed by atoms with E-state index in [1.165, 1.54) is 5.56 Å². The average Bonchev–Trinajstić information content (AvgIpc) is 2.36. The van der Waals surface area contributed by atoms with Crippen LogP contribution in [0.15, 0.2) is 28.7 Å². The molecule has 0 aromatic heterocycles. The second kappa shape index (κ2) is 8.27. The summed E-state index contributed by atoms with van der Waals surface area (Å²) in [5, 5.41) is 6.04. The van der Waals surface area contributed by atoms with E-state index in [9.17, 15) is 4.79 Å². The summed E-state index contributed by atoms with van der Waals surface area (Å²) in [6, 6.07) is 8.16. The van der Waals surface area contributed by atoms with Crippen LogP contribution in [0.4, 0.5) is 0 Å². The number of halogens is 1. The normalized spacial score (nSPS) is 12.2. The van der Waals surface area contributed by atoms with Crippen molar-refractivity contribution in [3.8, 4) is 0 Å². The molecule has 0 radical (unpaired) electrons. The highest BCUT2D eigenvalue weighted by atomic mass is 79.9. The lowest BCUT2D eigenvalue weighted by Crippen LogP contribution is -2.36. The molecule has 0 saturated heterocycles. The van der Waals surface area contributed by atoms with Crippen LogP contribution in [0.1, 0.15) is 18.9 Å². The standard InChI is InChI=1S/C14H21BrN2O/c1-3-12(10-16-2)14(18)17-8-7-11-5-4-6-13(15)9-11/h4-6,9,12,16H,3,7-8,10H2,1-2H3,(H,17,18). The number of benzene rings is 1. The summed E-state index contributed by atoms with van der Waals surface area (Å²) >= 11 is 3.44. The van der Waals surface area contributed by atoms with Gasteiger partial charge < -0.3 is 10.6 Å². The largest absolute Gasteiger partial charge is 0.355 e. The van der Waals surface area contributed by atoms with E-state index in [0.717, 1.165) is 23.9 Å². The van der Waals surface area contributed by atoms with Gasteiger partial charge in [-0.2, -0.15) is 0 Å². The van der Waals surface area contributed by atoms with Gasteiger partial charge in [0.15, 0.2) is 0 Å². The smallest absolute Gasteiger partial charge is 0.224 e. The number of carbonyl (C=O) groups excluding carboxylic acids is 1. The molecule has 0 saturated carbocycles. The van der Waals surface area contributed by atoms with Crippen molar-refractivity contribution in [3.05, 3.63) is 34.3 Å². The van der Waals surface area contributed by atoms with Crippen LogP contribution in [0.2, 0.25) is 0 Å². The van der Waals surface area contributed by atoms with Gasteiger partial charge in [-0.1, -0.05) is 35.0 Å². The second-order valence-electron chi connectivity index (χ2n) is 4.33. The molecule has 0 bridgehead atoms. The maximum atomic E-state index is 11.9. The third-order valence-electron chi connectivity index (χ3n) is 2.92. The maximum absolute atomic E-state index is 11.9. The predicted molar refractivity (Wildman–Crippen MR) is 78.6 cm³/mol. The minimum atomic E-state index is 0.0671. The summed E-state index contributed by atoms with van der Waals surface area (Å²) in [6.07, 6.45) is 1.73. The van der Waals surface area contributed by atoms with Gasteiger partial charge in [-0.3, -0.25) is 4.79 Å². The summed E-state index contributed by atoms with van der Waals surface area (Å²) < 4.78 is 1.08. The Balaban J connectivity index is 2.35. The molecule has 2 N–H and O–H groups in total. The third kappa shape index (κ3) is 5.19. The summed E-state index contributed by atoms with van der Waals surface area (Å²) in [5.41, 5.74) is 1.23. The molecular weight excluding hydrogens is 292 g/mol. The van der Waals surface area contributed by atoms with Crippen LogP contribution < -0.4 is 10.6 Å². The Bertz CT molecular complexity index is 382. The molecule has 18 heavy (non-hydrogen) atoms. The first-order valence-corrected chi connectivity index (χ1v) is 7.13. The molecule has 1 rings (SSSR count). The number of hydrogen-bond acceptors (Lipinski definition) is 2. The SMILES string of the molecule is CCC(CNC)C(=O)NCCc1cccc(Br)c1. The molecule has 1 aromatic carbocycles. The molecule has 0 aliphatic heterocycles. The highest BCUT2D eigenvalue weighted by Crippen LogP contribution is 2.11. The van der Waals surface area contributed by atoms with Gasteiger partial charge in [-0.25, -0.2) is 0 Å². The van der Waals surface area contributed by atoms with Crippen LogP contribution in [0.5, 0.6) is 0 Å². The fraction of sp³-hybridized carbons (Fsp3) is 0.500. The Morgan fingerprint density at radius 2 is 2.22 bits per heavy atom. The van der Waals surface area contributed by atoms with E-state index in [4.69, 9.17) is 0 Å². The summed E-state index contributed by atoms with van der Waals surface area (Å²) in [6.45, 7) is 3.46. The highest BCUT2D eigenvalue weighted by molar-refractivity contribution is 9.10. The molecule has 4 heteroatoms. The molecule has 0 spiro atoms. The average molecular weight is 313 g/mol. The highest BCUT2D eigenvalue weighted by Gasteiger charge is 2.14. The lowest BCUT2D eigenvalue weighted by atomic mass is 10.1. The van der Waals surface area contributed by atoms with Crippen LogP contribution in [0.3, 0.4) is 0 Å². The van der Waals surface area contributed by atoms with Crippen LogP contribution in [-0.4, -0.2) is 26.0 Å². The van der Waals surface area contributed by atoms with E-state index in [2.05, 4.69) is 38.7 Å². The van der Waals surface area contributed by atoms with Crippen LogP contribution in [0, 0.1) is 5.92 Å². The zero-order valence-corrected chi connectivity index (χ0v) is 12.6. The molecule has 1 atom stereocenters. The van der Waals surface area contributed by atoms with E-state index in [1.807, 2.05) is 26.1 Å². The van der Waals surface area contributed by atoms with Gasteiger partial charge in [0.2, 0.25) is 5.91 Å². The fourth-order valence-electron chi connectivity index (χ4n) is 1.84. The number of carbonyl (C=O) groups is 1. The number of amides is 1. The maximum Gasteiger partial charge on any atom is 0.224 e. The minimum absolute atomic E-state index is 0.0671. The Hall–Kier alpha value is -0.870. The van der Waals surface area contributed by atoms with Crippen LogP contribution in [-0.2, 0) is 11.2 Å². The van der Waals surface area contributed by atoms with Crippen molar-refractivity contribution in [1.82, 2.24) is 10.6 Å². The first-order chi connectivity index (χ1) is 8.67. The summed E-state index contributed by atoms with van der Waals surface area (Å²) in [5.74, 6) is 0.208. The molecule has 0 aliphatic rings.